The van der Waals surface area contributed by atoms with Crippen molar-refractivity contribution in [2.24, 2.45) is 0 Å². The molecule has 1 aliphatic heterocycles. The first-order chi connectivity index (χ1) is 15.6. The van der Waals surface area contributed by atoms with Crippen molar-refractivity contribution in [2.45, 2.75) is 44.7 Å². The largest absolute Gasteiger partial charge is 0.444 e. The second-order valence-electron chi connectivity index (χ2n) is 8.41. The molecule has 2 N–H and O–H groups in total. The lowest BCUT2D eigenvalue weighted by Gasteiger charge is -2.28. The summed E-state index contributed by atoms with van der Waals surface area (Å²) in [5.74, 6) is -1.77. The summed E-state index contributed by atoms with van der Waals surface area (Å²) in [5, 5.41) is 1.15. The Morgan fingerprint density at radius 1 is 1.12 bits per heavy atom. The van der Waals surface area contributed by atoms with E-state index in [4.69, 9.17) is 32.8 Å². The number of alkyl carbamates (subject to hydrolysis) is 1. The molecule has 12 heteroatoms. The van der Waals surface area contributed by atoms with E-state index in [9.17, 15) is 26.7 Å². The number of ether oxygens (including phenoxy) is 1. The van der Waals surface area contributed by atoms with E-state index < -0.39 is 50.7 Å². The first-order valence-corrected chi connectivity index (χ1v) is 10.5. The molecule has 2 aromatic carbocycles. The molecule has 0 spiro atoms. The second kappa shape index (κ2) is 9.24. The number of halogens is 7. The Hall–Kier alpha value is -2.56. The molecule has 3 rings (SSSR count). The SMILES string of the molecule is CC(C)(C)OC(=O)NCc1cc(C2=CC(c3cc(Cl)c(F)c(Cl)c3)(C(F)(F)F)ON2)ccc1F. The fraction of sp³-hybridized carbons (Fsp3) is 0.318. The van der Waals surface area contributed by atoms with E-state index in [0.717, 1.165) is 18.2 Å². The van der Waals surface area contributed by atoms with E-state index in [1.54, 1.807) is 20.8 Å². The van der Waals surface area contributed by atoms with Crippen LogP contribution in [0.25, 0.3) is 5.70 Å². The van der Waals surface area contributed by atoms with Gasteiger partial charge in [-0.2, -0.15) is 13.2 Å². The molecule has 1 heterocycles. The molecule has 0 saturated carbocycles. The van der Waals surface area contributed by atoms with Gasteiger partial charge in [0, 0.05) is 23.2 Å². The smallest absolute Gasteiger partial charge is 0.428 e. The summed E-state index contributed by atoms with van der Waals surface area (Å²) in [7, 11) is 0. The lowest BCUT2D eigenvalue weighted by atomic mass is 9.91. The number of nitrogens with one attached hydrogen (secondary N) is 2. The topological polar surface area (TPSA) is 59.6 Å². The minimum atomic E-state index is -5.01. The Morgan fingerprint density at radius 2 is 1.74 bits per heavy atom. The van der Waals surface area contributed by atoms with Crippen LogP contribution in [0.5, 0.6) is 0 Å². The third-order valence-electron chi connectivity index (χ3n) is 4.68. The predicted octanol–water partition coefficient (Wildman–Crippen LogP) is 6.63. The molecule has 0 bridgehead atoms. The van der Waals surface area contributed by atoms with Crippen LogP contribution in [0.4, 0.5) is 26.7 Å². The number of hydrogen-bond donors (Lipinski definition) is 2. The van der Waals surface area contributed by atoms with Gasteiger partial charge in [0.1, 0.15) is 11.4 Å². The minimum absolute atomic E-state index is 0.0107. The fourth-order valence-corrected chi connectivity index (χ4v) is 3.60. The predicted molar refractivity (Wildman–Crippen MR) is 116 cm³/mol. The van der Waals surface area contributed by atoms with Gasteiger partial charge in [-0.25, -0.2) is 13.6 Å². The lowest BCUT2D eigenvalue weighted by Crippen LogP contribution is -2.42. The van der Waals surface area contributed by atoms with Gasteiger partial charge >= 0.3 is 12.3 Å². The molecular weight excluding hydrogens is 506 g/mol. The molecule has 1 aliphatic rings. The average molecular weight is 525 g/mol. The van der Waals surface area contributed by atoms with Crippen molar-refractivity contribution in [1.82, 2.24) is 10.8 Å². The minimum Gasteiger partial charge on any atom is -0.444 e. The van der Waals surface area contributed by atoms with Crippen LogP contribution >= 0.6 is 23.2 Å². The molecule has 0 fully saturated rings. The van der Waals surface area contributed by atoms with Crippen LogP contribution in [0, 0.1) is 11.6 Å². The van der Waals surface area contributed by atoms with Crippen molar-refractivity contribution < 1.29 is 36.3 Å². The molecule has 1 unspecified atom stereocenters. The summed E-state index contributed by atoms with van der Waals surface area (Å²) in [4.78, 5) is 16.8. The molecule has 0 aliphatic carbocycles. The van der Waals surface area contributed by atoms with Crippen LogP contribution in [0.15, 0.2) is 36.4 Å². The normalized spacial score (nSPS) is 18.4. The van der Waals surface area contributed by atoms with Gasteiger partial charge in [-0.05, 0) is 57.2 Å². The van der Waals surface area contributed by atoms with Crippen molar-refractivity contribution in [3.8, 4) is 0 Å². The van der Waals surface area contributed by atoms with Gasteiger partial charge in [-0.3, -0.25) is 10.3 Å². The van der Waals surface area contributed by atoms with Gasteiger partial charge in [0.15, 0.2) is 5.82 Å². The van der Waals surface area contributed by atoms with Crippen molar-refractivity contribution in [3.05, 3.63) is 74.8 Å². The van der Waals surface area contributed by atoms with E-state index >= 15 is 0 Å². The Kier molecular flexibility index (Phi) is 7.08. The van der Waals surface area contributed by atoms with E-state index in [1.807, 2.05) is 0 Å². The summed E-state index contributed by atoms with van der Waals surface area (Å²) in [6.07, 6.45) is -5.08. The lowest BCUT2D eigenvalue weighted by molar-refractivity contribution is -0.269. The Morgan fingerprint density at radius 3 is 2.29 bits per heavy atom. The zero-order chi connectivity index (χ0) is 25.5. The number of alkyl halides is 3. The number of rotatable bonds is 4. The molecule has 184 valence electrons. The van der Waals surface area contributed by atoms with Crippen molar-refractivity contribution in [3.63, 3.8) is 0 Å². The molecule has 5 nitrogen and oxygen atoms in total. The van der Waals surface area contributed by atoms with Gasteiger partial charge in [0.05, 0.1) is 15.7 Å². The number of amides is 1. The van der Waals surface area contributed by atoms with E-state index in [-0.39, 0.29) is 23.4 Å². The van der Waals surface area contributed by atoms with Gasteiger partial charge < -0.3 is 10.1 Å². The quantitative estimate of drug-likeness (QED) is 0.348. The maximum atomic E-state index is 14.3. The summed E-state index contributed by atoms with van der Waals surface area (Å²) in [6.45, 7) is 4.68. The van der Waals surface area contributed by atoms with E-state index in [1.165, 1.54) is 12.1 Å². The highest BCUT2D eigenvalue weighted by Gasteiger charge is 2.59. The number of carbonyl (C=O) groups excluding carboxylic acids is 1. The molecule has 0 aromatic heterocycles. The highest BCUT2D eigenvalue weighted by Crippen LogP contribution is 2.48. The first-order valence-electron chi connectivity index (χ1n) is 9.77. The van der Waals surface area contributed by atoms with Crippen LogP contribution in [0.2, 0.25) is 10.0 Å². The van der Waals surface area contributed by atoms with Crippen LogP contribution in [-0.4, -0.2) is 17.9 Å². The Labute approximate surface area is 201 Å². The van der Waals surface area contributed by atoms with Crippen LogP contribution in [0.3, 0.4) is 0 Å². The summed E-state index contributed by atoms with van der Waals surface area (Å²) < 4.78 is 75.5. The van der Waals surface area contributed by atoms with Crippen LogP contribution in [0.1, 0.15) is 37.5 Å². The summed E-state index contributed by atoms with van der Waals surface area (Å²) in [5.41, 5.74) is -2.21. The van der Waals surface area contributed by atoms with Gasteiger partial charge in [0.2, 0.25) is 5.60 Å². The molecule has 2 aromatic rings. The maximum absolute atomic E-state index is 14.3. The third-order valence-corrected chi connectivity index (χ3v) is 5.23. The zero-order valence-electron chi connectivity index (χ0n) is 18.0. The number of carbonyl (C=O) groups is 1. The van der Waals surface area contributed by atoms with Gasteiger partial charge in [0.25, 0.3) is 0 Å². The Bertz CT molecular complexity index is 1130. The molecule has 1 amide bonds. The van der Waals surface area contributed by atoms with Crippen molar-refractivity contribution in [2.75, 3.05) is 0 Å². The highest BCUT2D eigenvalue weighted by atomic mass is 35.5. The first kappa shape index (κ1) is 26.1. The maximum Gasteiger partial charge on any atom is 0.428 e. The monoisotopic (exact) mass is 524 g/mol. The molecule has 34 heavy (non-hydrogen) atoms. The van der Waals surface area contributed by atoms with Crippen molar-refractivity contribution >= 4 is 35.0 Å². The van der Waals surface area contributed by atoms with Crippen LogP contribution < -0.4 is 10.8 Å². The zero-order valence-corrected chi connectivity index (χ0v) is 19.6. The number of hydroxylamine groups is 1. The van der Waals surface area contributed by atoms with Crippen LogP contribution in [-0.2, 0) is 21.7 Å². The highest BCUT2D eigenvalue weighted by molar-refractivity contribution is 6.35. The number of benzene rings is 2. The average Bonchev–Trinajstić information content (AvgIpc) is 3.16. The summed E-state index contributed by atoms with van der Waals surface area (Å²) >= 11 is 11.4. The van der Waals surface area contributed by atoms with Gasteiger partial charge in [-0.15, -0.1) is 0 Å². The van der Waals surface area contributed by atoms with Gasteiger partial charge in [-0.1, -0.05) is 23.2 Å². The molecule has 0 saturated heterocycles. The third kappa shape index (κ3) is 5.39. The fourth-order valence-electron chi connectivity index (χ4n) is 3.11. The second-order valence-corrected chi connectivity index (χ2v) is 9.23. The standard InChI is InChI=1S/C22H19Cl2F5N2O3/c1-20(2,3)33-19(32)30-10-12-6-11(4-5-16(12)25)17-9-21(34-31-17,22(27,28)29)13-7-14(23)18(26)15(24)8-13/h4-9,31H,10H2,1-3H3,(H,30,32). The van der Waals surface area contributed by atoms with Crippen molar-refractivity contribution in [1.29, 1.82) is 0 Å². The summed E-state index contributed by atoms with van der Waals surface area (Å²) in [6, 6.07) is 5.02. The van der Waals surface area contributed by atoms with E-state index in [0.29, 0.717) is 6.08 Å². The van der Waals surface area contributed by atoms with E-state index in [2.05, 4.69) is 10.8 Å². The Balaban J connectivity index is 1.95. The number of hydrogen-bond acceptors (Lipinski definition) is 4. The molecular formula is C22H19Cl2F5N2O3. The molecule has 1 atom stereocenters. The molecule has 0 radical (unpaired) electrons.